The summed E-state index contributed by atoms with van der Waals surface area (Å²) < 4.78 is 6.26. The van der Waals surface area contributed by atoms with E-state index >= 15 is 38.4 Å². The molecule has 0 aromatic heterocycles. The Morgan fingerprint density at radius 3 is 1.23 bits per heavy atom. The molecule has 2 saturated heterocycles. The van der Waals surface area contributed by atoms with E-state index in [1.807, 2.05) is 41.5 Å². The van der Waals surface area contributed by atoms with Crippen molar-refractivity contribution in [2.45, 2.75) is 232 Å². The molecule has 0 aliphatic carbocycles. The van der Waals surface area contributed by atoms with Crippen molar-refractivity contribution in [2.24, 2.45) is 23.7 Å². The third kappa shape index (κ3) is 26.3. The highest BCUT2D eigenvalue weighted by Crippen LogP contribution is 2.25. The van der Waals surface area contributed by atoms with Gasteiger partial charge < -0.3 is 70.3 Å². The SMILES string of the molecule is CC(C)C[C@H]1C(=O)N[C@@H](C(C)C)C(=O)N(C)[C@@H](Cc2ccccc2)C(=O)N(C)[C@@H](Cc2ccccc2)C(=O)N[C@@H](COC(C)(C)C)C(=O)N(C)[C@@H](CC(C)C)C(=O)N[C@@H]([C@@H](C)O)C(=O)N(C)[C@@H](Cc2ccccc2)C(=O)N(C)[C@@H](CC(C)C)C(=O)N[C@H](C(=O)N2CCCCC2)CC(=O)N(C)CCCC(=O)N1C. The fraction of sp³-hybridized carbons (Fsp3) is 0.630. The maximum Gasteiger partial charge on any atom is 0.248 e. The lowest BCUT2D eigenvalue weighted by molar-refractivity contribution is -0.152. The Morgan fingerprint density at radius 2 is 0.813 bits per heavy atom. The number of likely N-dealkylation sites (N-methyl/N-ethyl adjacent to an activating group) is 6. The molecule has 12 amide bonds. The number of aliphatic hydroxyl groups excluding tert-OH is 1. The molecule has 0 spiro atoms. The lowest BCUT2D eigenvalue weighted by Crippen LogP contribution is -2.63. The molecule has 2 heterocycles. The Balaban J connectivity index is 1.71. The number of benzene rings is 3. The Bertz CT molecular complexity index is 3450. The zero-order chi connectivity index (χ0) is 79.9. The van der Waals surface area contributed by atoms with Crippen LogP contribution in [0.2, 0.25) is 0 Å². The van der Waals surface area contributed by atoms with Gasteiger partial charge in [-0.05, 0) is 113 Å². The van der Waals surface area contributed by atoms with Gasteiger partial charge in [0.25, 0.3) is 0 Å². The molecule has 2 aliphatic rings. The zero-order valence-corrected chi connectivity index (χ0v) is 67.0. The molecule has 5 rings (SSSR count). The van der Waals surface area contributed by atoms with E-state index in [0.29, 0.717) is 42.6 Å². The first-order valence-electron chi connectivity index (χ1n) is 38.0. The smallest absolute Gasteiger partial charge is 0.248 e. The maximum absolute atomic E-state index is 15.7. The van der Waals surface area contributed by atoms with Gasteiger partial charge in [-0.3, -0.25) is 57.5 Å². The highest BCUT2D eigenvalue weighted by Gasteiger charge is 2.45. The molecule has 2 aliphatic heterocycles. The van der Waals surface area contributed by atoms with Gasteiger partial charge in [0, 0.05) is 94.7 Å². The van der Waals surface area contributed by atoms with Crippen molar-refractivity contribution in [1.82, 2.24) is 60.5 Å². The number of piperidine rings is 1. The molecule has 3 aromatic carbocycles. The first kappa shape index (κ1) is 88.8. The zero-order valence-electron chi connectivity index (χ0n) is 67.0. The second kappa shape index (κ2) is 41.5. The summed E-state index contributed by atoms with van der Waals surface area (Å²) in [6.07, 6.45) is 0.244. The Labute approximate surface area is 635 Å². The number of ether oxygens (including phenoxy) is 1. The third-order valence-corrected chi connectivity index (χ3v) is 20.2. The summed E-state index contributed by atoms with van der Waals surface area (Å²) in [5.41, 5.74) is 1.02. The van der Waals surface area contributed by atoms with E-state index in [2.05, 4.69) is 21.3 Å². The number of carbonyl (C=O) groups excluding carboxylic acids is 12. The largest absolute Gasteiger partial charge is 0.391 e. The van der Waals surface area contributed by atoms with Crippen molar-refractivity contribution >= 4 is 70.9 Å². The van der Waals surface area contributed by atoms with E-state index in [-0.39, 0.29) is 75.7 Å². The van der Waals surface area contributed by atoms with Crippen LogP contribution >= 0.6 is 0 Å². The average Bonchev–Trinajstić information content (AvgIpc) is 0.811. The van der Waals surface area contributed by atoms with Crippen LogP contribution in [0.1, 0.15) is 158 Å². The van der Waals surface area contributed by atoms with Crippen LogP contribution in [0, 0.1) is 23.7 Å². The highest BCUT2D eigenvalue weighted by atomic mass is 16.5. The summed E-state index contributed by atoms with van der Waals surface area (Å²) in [7, 11) is 10.1. The van der Waals surface area contributed by atoms with Crippen molar-refractivity contribution < 1.29 is 67.4 Å². The van der Waals surface area contributed by atoms with Crippen molar-refractivity contribution in [3.63, 3.8) is 0 Å². The molecule has 107 heavy (non-hydrogen) atoms. The fourth-order valence-corrected chi connectivity index (χ4v) is 13.5. The Morgan fingerprint density at radius 1 is 0.439 bits per heavy atom. The number of rotatable bonds is 17. The predicted octanol–water partition coefficient (Wildman–Crippen LogP) is 5.26. The van der Waals surface area contributed by atoms with Gasteiger partial charge in [0.15, 0.2) is 0 Å². The average molecular weight is 1490 g/mol. The number of hydrogen-bond acceptors (Lipinski definition) is 14. The van der Waals surface area contributed by atoms with Crippen molar-refractivity contribution in [3.8, 4) is 0 Å². The van der Waals surface area contributed by atoms with E-state index < -0.39 is 162 Å². The first-order valence-corrected chi connectivity index (χ1v) is 38.0. The molecule has 0 unspecified atom stereocenters. The molecule has 2 fully saturated rings. The molecule has 3 aromatic rings. The molecule has 0 saturated carbocycles. The first-order chi connectivity index (χ1) is 50.2. The van der Waals surface area contributed by atoms with Gasteiger partial charge in [0.1, 0.15) is 60.4 Å². The number of nitrogens with zero attached hydrogens (tertiary/aromatic N) is 8. The number of hydrogen-bond donors (Lipinski definition) is 5. The molecular weight excluding hydrogens is 1360 g/mol. The second-order valence-corrected chi connectivity index (χ2v) is 31.8. The van der Waals surface area contributed by atoms with E-state index in [1.165, 1.54) is 80.8 Å². The van der Waals surface area contributed by atoms with E-state index in [9.17, 15) is 24.3 Å². The van der Waals surface area contributed by atoms with E-state index in [0.717, 1.165) is 16.2 Å². The summed E-state index contributed by atoms with van der Waals surface area (Å²) in [6, 6.07) is 13.0. The Kier molecular flexibility index (Phi) is 34.5. The fourth-order valence-electron chi connectivity index (χ4n) is 13.5. The summed E-state index contributed by atoms with van der Waals surface area (Å²) in [6.45, 7) is 21.6. The predicted molar refractivity (Wildman–Crippen MR) is 410 cm³/mol. The molecular formula is C81H124N12O14. The summed E-state index contributed by atoms with van der Waals surface area (Å²) in [5, 5.41) is 23.1. The monoisotopic (exact) mass is 1490 g/mol. The van der Waals surface area contributed by atoms with E-state index in [4.69, 9.17) is 4.74 Å². The number of carbonyl (C=O) groups is 12. The van der Waals surface area contributed by atoms with Gasteiger partial charge in [-0.15, -0.1) is 0 Å². The van der Waals surface area contributed by atoms with Gasteiger partial charge >= 0.3 is 0 Å². The van der Waals surface area contributed by atoms with Crippen LogP contribution in [0.15, 0.2) is 91.0 Å². The van der Waals surface area contributed by atoms with Crippen LogP contribution in [0.4, 0.5) is 0 Å². The van der Waals surface area contributed by atoms with Crippen molar-refractivity contribution in [3.05, 3.63) is 108 Å². The van der Waals surface area contributed by atoms with Crippen LogP contribution in [-0.2, 0) is 81.5 Å². The quantitative estimate of drug-likeness (QED) is 0.115. The van der Waals surface area contributed by atoms with Crippen molar-refractivity contribution in [1.29, 1.82) is 0 Å². The van der Waals surface area contributed by atoms with Gasteiger partial charge in [0.2, 0.25) is 70.9 Å². The minimum Gasteiger partial charge on any atom is -0.391 e. The van der Waals surface area contributed by atoms with Crippen LogP contribution in [-0.4, -0.2) is 263 Å². The van der Waals surface area contributed by atoms with Crippen LogP contribution in [0.3, 0.4) is 0 Å². The molecule has 26 nitrogen and oxygen atoms in total. The Hall–Kier alpha value is -8.78. The van der Waals surface area contributed by atoms with Crippen LogP contribution in [0.25, 0.3) is 0 Å². The summed E-state index contributed by atoms with van der Waals surface area (Å²) in [4.78, 5) is 192. The lowest BCUT2D eigenvalue weighted by Gasteiger charge is -2.38. The van der Waals surface area contributed by atoms with Gasteiger partial charge in [-0.1, -0.05) is 146 Å². The van der Waals surface area contributed by atoms with Gasteiger partial charge in [0.05, 0.1) is 24.7 Å². The van der Waals surface area contributed by atoms with Gasteiger partial charge in [-0.2, -0.15) is 0 Å². The number of amides is 12. The molecule has 0 radical (unpaired) electrons. The minimum atomic E-state index is -1.74. The molecule has 592 valence electrons. The van der Waals surface area contributed by atoms with Crippen molar-refractivity contribution in [2.75, 3.05) is 75.6 Å². The standard InChI is InChI=1S/C81H124N12O14/c1-51(2)43-61-73(99)84-69(54(7)8)79(105)91(18)65(47-57-35-26-21-27-36-57)78(104)90(17)64(46-56-33-24-20-25-34-56)72(98)83-60(50-107-81(10,11)12)75(101)88(15)63(45-53(5)6)74(100)85-70(55(9)94)80(106)92(19)66(48-58-37-28-22-29-38-58)77(103)89(16)62(44-52(3)4)71(97)82-59(76(102)93-41-30-23-31-42-93)49-68(96)86(13)40-32-39-67(95)87(61)14/h20-22,24-29,33-38,51-55,59-66,69-70,94H,23,30-32,39-50H2,1-19H3,(H,82,97)(H,83,98)(H,84,99)(H,85,100)/t55-,59+,60+,61+,62+,63+,64+,65+,66+,69+,70+/m1/s1. The normalized spacial score (nSPS) is 24.5. The lowest BCUT2D eigenvalue weighted by atomic mass is 9.96. The molecule has 11 atom stereocenters. The number of likely N-dealkylation sites (tertiary alicyclic amines) is 1. The highest BCUT2D eigenvalue weighted by molar-refractivity contribution is 6.00. The van der Waals surface area contributed by atoms with Crippen LogP contribution < -0.4 is 21.3 Å². The topological polar surface area (TPSA) is 308 Å². The summed E-state index contributed by atoms with van der Waals surface area (Å²) >= 11 is 0. The molecule has 26 heteroatoms. The summed E-state index contributed by atoms with van der Waals surface area (Å²) in [5.74, 6) is -9.38. The van der Waals surface area contributed by atoms with E-state index in [1.54, 1.807) is 131 Å². The molecule has 0 bridgehead atoms. The second-order valence-electron chi connectivity index (χ2n) is 31.8. The number of aliphatic hydroxyl groups is 1. The van der Waals surface area contributed by atoms with Gasteiger partial charge in [-0.25, -0.2) is 0 Å². The number of nitrogens with one attached hydrogen (secondary N) is 4. The third-order valence-electron chi connectivity index (χ3n) is 20.2. The maximum atomic E-state index is 15.7. The molecule has 5 N–H and O–H groups in total. The minimum absolute atomic E-state index is 0.000497. The van der Waals surface area contributed by atoms with Crippen LogP contribution in [0.5, 0.6) is 0 Å².